The highest BCUT2D eigenvalue weighted by molar-refractivity contribution is 6.06. The van der Waals surface area contributed by atoms with Crippen molar-refractivity contribution >= 4 is 27.5 Å². The molecule has 1 aromatic heterocycles. The van der Waals surface area contributed by atoms with E-state index in [4.69, 9.17) is 4.42 Å². The predicted octanol–water partition coefficient (Wildman–Crippen LogP) is 6.12. The van der Waals surface area contributed by atoms with Gasteiger partial charge in [0.1, 0.15) is 11.2 Å². The summed E-state index contributed by atoms with van der Waals surface area (Å²) in [5.74, 6) is 0. The monoisotopic (exact) mass is 274 g/mol. The van der Waals surface area contributed by atoms with E-state index in [2.05, 4.69) is 50.8 Å². The lowest BCUT2D eigenvalue weighted by Gasteiger charge is -2.02. The molecule has 0 fully saturated rings. The number of hydrogen-bond donors (Lipinski definition) is 0. The molecule has 1 heterocycles. The number of fused-ring (bicyclic) bond motifs is 3. The topological polar surface area (TPSA) is 13.1 Å². The van der Waals surface area contributed by atoms with Gasteiger partial charge in [-0.15, -0.1) is 0 Å². The molecule has 21 heavy (non-hydrogen) atoms. The summed E-state index contributed by atoms with van der Waals surface area (Å²) in [6.07, 6.45) is 6.10. The molecule has 0 aliphatic rings. The van der Waals surface area contributed by atoms with Crippen LogP contribution in [0.15, 0.2) is 77.3 Å². The van der Waals surface area contributed by atoms with Crippen molar-refractivity contribution in [2.45, 2.75) is 13.8 Å². The van der Waals surface area contributed by atoms with Crippen LogP contribution in [-0.2, 0) is 0 Å². The van der Waals surface area contributed by atoms with Crippen LogP contribution in [0.25, 0.3) is 27.5 Å². The van der Waals surface area contributed by atoms with Crippen molar-refractivity contribution in [1.82, 2.24) is 0 Å². The van der Waals surface area contributed by atoms with Gasteiger partial charge in [-0.2, -0.15) is 0 Å². The first-order chi connectivity index (χ1) is 10.2. The summed E-state index contributed by atoms with van der Waals surface area (Å²) in [5.41, 5.74) is 5.39. The van der Waals surface area contributed by atoms with Crippen molar-refractivity contribution < 1.29 is 4.42 Å². The average Bonchev–Trinajstić information content (AvgIpc) is 2.85. The molecule has 3 rings (SSSR count). The Labute approximate surface area is 124 Å². The fourth-order valence-electron chi connectivity index (χ4n) is 2.44. The lowest BCUT2D eigenvalue weighted by molar-refractivity contribution is 0.669. The molecule has 0 unspecified atom stereocenters. The van der Waals surface area contributed by atoms with Crippen molar-refractivity contribution in [3.8, 4) is 0 Å². The first-order valence-corrected chi connectivity index (χ1v) is 7.08. The quantitative estimate of drug-likeness (QED) is 0.524. The number of furan rings is 1. The molecule has 0 aliphatic carbocycles. The lowest BCUT2D eigenvalue weighted by Crippen LogP contribution is -1.80. The average molecular weight is 274 g/mol. The second-order valence-corrected chi connectivity index (χ2v) is 5.38. The smallest absolute Gasteiger partial charge is 0.135 e. The molecule has 0 radical (unpaired) electrons. The highest BCUT2D eigenvalue weighted by atomic mass is 16.3. The van der Waals surface area contributed by atoms with Gasteiger partial charge in [0.25, 0.3) is 0 Å². The van der Waals surface area contributed by atoms with Gasteiger partial charge in [-0.3, -0.25) is 0 Å². The van der Waals surface area contributed by atoms with E-state index in [1.807, 2.05) is 30.3 Å². The van der Waals surface area contributed by atoms with E-state index in [1.54, 1.807) is 0 Å². The molecule has 0 saturated carbocycles. The largest absolute Gasteiger partial charge is 0.456 e. The lowest BCUT2D eigenvalue weighted by atomic mass is 10.0. The zero-order chi connectivity index (χ0) is 14.8. The molecule has 0 amide bonds. The summed E-state index contributed by atoms with van der Waals surface area (Å²) in [6, 6.07) is 14.4. The number of allylic oxidation sites excluding steroid dienone is 5. The summed E-state index contributed by atoms with van der Waals surface area (Å²) in [7, 11) is 0. The number of benzene rings is 2. The minimum absolute atomic E-state index is 0.922. The Morgan fingerprint density at radius 2 is 1.71 bits per heavy atom. The summed E-state index contributed by atoms with van der Waals surface area (Å²) in [6.45, 7) is 8.10. The molecule has 0 bridgehead atoms. The molecule has 0 N–H and O–H groups in total. The molecule has 0 atom stereocenters. The van der Waals surface area contributed by atoms with E-state index in [9.17, 15) is 0 Å². The first-order valence-electron chi connectivity index (χ1n) is 7.08. The zero-order valence-electron chi connectivity index (χ0n) is 12.4. The third-order valence-electron chi connectivity index (χ3n) is 3.53. The molecule has 104 valence electrons. The normalized spacial score (nSPS) is 11.8. The maximum absolute atomic E-state index is 5.86. The van der Waals surface area contributed by atoms with Crippen LogP contribution in [0.2, 0.25) is 0 Å². The van der Waals surface area contributed by atoms with Gasteiger partial charge in [0.2, 0.25) is 0 Å². The van der Waals surface area contributed by atoms with E-state index < -0.39 is 0 Å². The van der Waals surface area contributed by atoms with Crippen LogP contribution in [0.5, 0.6) is 0 Å². The number of rotatable bonds is 3. The van der Waals surface area contributed by atoms with Gasteiger partial charge < -0.3 is 4.42 Å². The van der Waals surface area contributed by atoms with Crippen molar-refractivity contribution in [2.24, 2.45) is 0 Å². The zero-order valence-corrected chi connectivity index (χ0v) is 12.4. The van der Waals surface area contributed by atoms with Gasteiger partial charge in [-0.25, -0.2) is 0 Å². The molecule has 0 spiro atoms. The number of para-hydroxylation sites is 1. The Kier molecular flexibility index (Phi) is 3.49. The fraction of sp³-hybridized carbons (Fsp3) is 0.100. The molecule has 0 saturated heterocycles. The summed E-state index contributed by atoms with van der Waals surface area (Å²) >= 11 is 0. The van der Waals surface area contributed by atoms with Crippen LogP contribution < -0.4 is 0 Å². The molecule has 2 aromatic carbocycles. The Morgan fingerprint density at radius 1 is 0.952 bits per heavy atom. The molecule has 1 heteroatoms. The third-order valence-corrected chi connectivity index (χ3v) is 3.53. The Hall–Kier alpha value is -2.54. The van der Waals surface area contributed by atoms with Gasteiger partial charge in [0, 0.05) is 10.8 Å². The van der Waals surface area contributed by atoms with Crippen molar-refractivity contribution in [1.29, 1.82) is 0 Å². The van der Waals surface area contributed by atoms with E-state index in [0.717, 1.165) is 33.1 Å². The second-order valence-electron chi connectivity index (χ2n) is 5.38. The maximum Gasteiger partial charge on any atom is 0.135 e. The SMILES string of the molecule is C=C/C(=C\C=C(C)C)c1ccc2oc3ccccc3c2c1. The summed E-state index contributed by atoms with van der Waals surface area (Å²) in [5, 5.41) is 2.30. The summed E-state index contributed by atoms with van der Waals surface area (Å²) in [4.78, 5) is 0. The van der Waals surface area contributed by atoms with E-state index in [1.165, 1.54) is 5.57 Å². The van der Waals surface area contributed by atoms with Crippen LogP contribution in [0.3, 0.4) is 0 Å². The van der Waals surface area contributed by atoms with Crippen LogP contribution in [0.1, 0.15) is 19.4 Å². The predicted molar refractivity (Wildman–Crippen MR) is 91.3 cm³/mol. The maximum atomic E-state index is 5.86. The Bertz CT molecular complexity index is 871. The van der Waals surface area contributed by atoms with Crippen molar-refractivity contribution in [2.75, 3.05) is 0 Å². The van der Waals surface area contributed by atoms with Crippen LogP contribution >= 0.6 is 0 Å². The van der Waals surface area contributed by atoms with Crippen LogP contribution in [0, 0.1) is 0 Å². The van der Waals surface area contributed by atoms with Gasteiger partial charge in [-0.05, 0) is 43.2 Å². The van der Waals surface area contributed by atoms with Crippen molar-refractivity contribution in [3.63, 3.8) is 0 Å². The van der Waals surface area contributed by atoms with Crippen molar-refractivity contribution in [3.05, 3.63) is 78.4 Å². The number of hydrogen-bond acceptors (Lipinski definition) is 1. The van der Waals surface area contributed by atoms with Crippen LogP contribution in [0.4, 0.5) is 0 Å². The molecule has 0 aliphatic heterocycles. The van der Waals surface area contributed by atoms with Gasteiger partial charge in [-0.1, -0.05) is 54.6 Å². The molecular formula is C20H18O. The van der Waals surface area contributed by atoms with Gasteiger partial charge >= 0.3 is 0 Å². The Morgan fingerprint density at radius 3 is 2.48 bits per heavy atom. The van der Waals surface area contributed by atoms with E-state index in [-0.39, 0.29) is 0 Å². The molecular weight excluding hydrogens is 256 g/mol. The van der Waals surface area contributed by atoms with Gasteiger partial charge in [0.05, 0.1) is 0 Å². The molecule has 3 aromatic rings. The van der Waals surface area contributed by atoms with Crippen LogP contribution in [-0.4, -0.2) is 0 Å². The Balaban J connectivity index is 2.20. The third kappa shape index (κ3) is 2.55. The minimum Gasteiger partial charge on any atom is -0.456 e. The summed E-state index contributed by atoms with van der Waals surface area (Å²) < 4.78 is 5.86. The minimum atomic E-state index is 0.922. The first kappa shape index (κ1) is 13.4. The molecule has 1 nitrogen and oxygen atoms in total. The van der Waals surface area contributed by atoms with E-state index >= 15 is 0 Å². The second kappa shape index (κ2) is 5.45. The van der Waals surface area contributed by atoms with Gasteiger partial charge in [0.15, 0.2) is 0 Å². The highest BCUT2D eigenvalue weighted by Crippen LogP contribution is 2.31. The standard InChI is InChI=1S/C20H18O/c1-4-15(10-9-14(2)3)16-11-12-20-18(13-16)17-7-5-6-8-19(17)21-20/h4-13H,1H2,2-3H3/b15-10+. The van der Waals surface area contributed by atoms with E-state index in [0.29, 0.717) is 0 Å². The highest BCUT2D eigenvalue weighted by Gasteiger charge is 2.07. The fourth-order valence-corrected chi connectivity index (χ4v) is 2.44.